The van der Waals surface area contributed by atoms with E-state index in [-0.39, 0.29) is 23.6 Å². The Morgan fingerprint density at radius 3 is 2.52 bits per heavy atom. The van der Waals surface area contributed by atoms with Crippen LogP contribution >= 0.6 is 0 Å². The molecule has 104 valence electrons. The lowest BCUT2D eigenvalue weighted by molar-refractivity contribution is 0.0698. The van der Waals surface area contributed by atoms with Gasteiger partial charge in [-0.3, -0.25) is 4.79 Å². The summed E-state index contributed by atoms with van der Waals surface area (Å²) in [6.07, 6.45) is 0.225. The summed E-state index contributed by atoms with van der Waals surface area (Å²) in [6.45, 7) is 0. The zero-order valence-corrected chi connectivity index (χ0v) is 11.0. The van der Waals surface area contributed by atoms with Crippen LogP contribution in [-0.2, 0) is 6.42 Å². The molecule has 5 heteroatoms. The molecule has 0 aliphatic rings. The number of aromatic carboxylic acids is 1. The van der Waals surface area contributed by atoms with Gasteiger partial charge in [-0.1, -0.05) is 36.4 Å². The van der Waals surface area contributed by atoms with Crippen LogP contribution in [0.3, 0.4) is 0 Å². The van der Waals surface area contributed by atoms with Gasteiger partial charge in [0.1, 0.15) is 5.52 Å². The number of Topliss-reactive ketones (excluding diaryl/α,β-unsaturated/α-hetero) is 1. The van der Waals surface area contributed by atoms with Gasteiger partial charge in [-0.05, 0) is 17.7 Å². The van der Waals surface area contributed by atoms with Crippen molar-refractivity contribution < 1.29 is 14.7 Å². The van der Waals surface area contributed by atoms with Crippen molar-refractivity contribution in [2.24, 2.45) is 0 Å². The molecule has 0 saturated carbocycles. The van der Waals surface area contributed by atoms with Crippen molar-refractivity contribution in [3.63, 3.8) is 0 Å². The minimum Gasteiger partial charge on any atom is -0.478 e. The van der Waals surface area contributed by atoms with Crippen molar-refractivity contribution in [3.05, 3.63) is 65.5 Å². The topological polar surface area (TPSA) is 83.1 Å². The number of hydrogen-bond donors (Lipinski definition) is 2. The smallest absolute Gasteiger partial charge is 0.337 e. The van der Waals surface area contributed by atoms with E-state index in [4.69, 9.17) is 5.11 Å². The molecule has 0 spiro atoms. The Balaban J connectivity index is 1.96. The molecule has 0 atom stereocenters. The summed E-state index contributed by atoms with van der Waals surface area (Å²) in [7, 11) is 0. The Labute approximate surface area is 120 Å². The number of carboxylic acids is 1. The van der Waals surface area contributed by atoms with Crippen LogP contribution in [0.25, 0.3) is 11.0 Å². The number of nitrogens with zero attached hydrogens (tertiary/aromatic N) is 1. The number of fused-ring (bicyclic) bond motifs is 1. The molecule has 21 heavy (non-hydrogen) atoms. The van der Waals surface area contributed by atoms with Gasteiger partial charge in [0.25, 0.3) is 0 Å². The molecule has 3 rings (SSSR count). The average Bonchev–Trinajstić information content (AvgIpc) is 2.92. The van der Waals surface area contributed by atoms with E-state index in [1.54, 1.807) is 12.1 Å². The van der Waals surface area contributed by atoms with E-state index in [0.29, 0.717) is 11.0 Å². The van der Waals surface area contributed by atoms with E-state index < -0.39 is 5.97 Å². The molecular weight excluding hydrogens is 268 g/mol. The summed E-state index contributed by atoms with van der Waals surface area (Å²) in [6, 6.07) is 14.1. The predicted molar refractivity (Wildman–Crippen MR) is 77.5 cm³/mol. The number of ketones is 1. The van der Waals surface area contributed by atoms with Gasteiger partial charge in [-0.25, -0.2) is 9.78 Å². The standard InChI is InChI=1S/C16H12N2O3/c19-13(9-10-5-2-1-3-6-10)15-17-12-8-4-7-11(16(20)21)14(12)18-15/h1-8H,9H2,(H,17,18)(H,20,21). The summed E-state index contributed by atoms with van der Waals surface area (Å²) < 4.78 is 0. The fraction of sp³-hybridized carbons (Fsp3) is 0.0625. The van der Waals surface area contributed by atoms with Gasteiger partial charge in [-0.2, -0.15) is 0 Å². The Morgan fingerprint density at radius 1 is 1.05 bits per heavy atom. The third-order valence-electron chi connectivity index (χ3n) is 3.21. The number of benzene rings is 2. The van der Waals surface area contributed by atoms with Gasteiger partial charge in [0.15, 0.2) is 5.82 Å². The zero-order chi connectivity index (χ0) is 14.8. The maximum Gasteiger partial charge on any atom is 0.337 e. The largest absolute Gasteiger partial charge is 0.478 e. The number of nitrogens with one attached hydrogen (secondary N) is 1. The monoisotopic (exact) mass is 280 g/mol. The second-order valence-electron chi connectivity index (χ2n) is 4.68. The number of carbonyl (C=O) groups excluding carboxylic acids is 1. The average molecular weight is 280 g/mol. The Kier molecular flexibility index (Phi) is 3.23. The van der Waals surface area contributed by atoms with Crippen molar-refractivity contribution >= 4 is 22.8 Å². The molecule has 0 unspecified atom stereocenters. The fourth-order valence-electron chi connectivity index (χ4n) is 2.20. The van der Waals surface area contributed by atoms with Crippen molar-refractivity contribution in [2.45, 2.75) is 6.42 Å². The number of carboxylic acid groups (broad SMARTS) is 1. The van der Waals surface area contributed by atoms with Gasteiger partial charge in [0.05, 0.1) is 11.1 Å². The quantitative estimate of drug-likeness (QED) is 0.720. The molecule has 0 amide bonds. The summed E-state index contributed by atoms with van der Waals surface area (Å²) in [5.74, 6) is -1.05. The van der Waals surface area contributed by atoms with Gasteiger partial charge < -0.3 is 10.1 Å². The Hall–Kier alpha value is -2.95. The summed E-state index contributed by atoms with van der Waals surface area (Å²) in [5, 5.41) is 9.13. The molecule has 1 aromatic heterocycles. The highest BCUT2D eigenvalue weighted by Gasteiger charge is 2.16. The van der Waals surface area contributed by atoms with Gasteiger partial charge in [0, 0.05) is 6.42 Å². The molecular formula is C16H12N2O3. The van der Waals surface area contributed by atoms with Crippen molar-refractivity contribution in [2.75, 3.05) is 0 Å². The summed E-state index contributed by atoms with van der Waals surface area (Å²) in [5.41, 5.74) is 1.83. The van der Waals surface area contributed by atoms with Crippen molar-refractivity contribution in [1.82, 2.24) is 9.97 Å². The van der Waals surface area contributed by atoms with Gasteiger partial charge in [0.2, 0.25) is 5.78 Å². The first-order valence-electron chi connectivity index (χ1n) is 6.44. The van der Waals surface area contributed by atoms with E-state index in [9.17, 15) is 9.59 Å². The SMILES string of the molecule is O=C(Cc1ccccc1)c1nc2c(C(=O)O)cccc2[nH]1. The third-order valence-corrected chi connectivity index (χ3v) is 3.21. The number of H-pyrrole nitrogens is 1. The minimum atomic E-state index is -1.06. The number of para-hydroxylation sites is 1. The maximum atomic E-state index is 12.2. The van der Waals surface area contributed by atoms with Crippen LogP contribution in [0.4, 0.5) is 0 Å². The minimum absolute atomic E-state index is 0.0857. The van der Waals surface area contributed by atoms with Crippen molar-refractivity contribution in [1.29, 1.82) is 0 Å². The third kappa shape index (κ3) is 2.53. The zero-order valence-electron chi connectivity index (χ0n) is 11.0. The first-order valence-corrected chi connectivity index (χ1v) is 6.44. The van der Waals surface area contributed by atoms with E-state index in [1.165, 1.54) is 6.07 Å². The summed E-state index contributed by atoms with van der Waals surface area (Å²) in [4.78, 5) is 30.4. The van der Waals surface area contributed by atoms with Crippen LogP contribution in [0.1, 0.15) is 26.5 Å². The lowest BCUT2D eigenvalue weighted by Crippen LogP contribution is -2.05. The van der Waals surface area contributed by atoms with Crippen LogP contribution < -0.4 is 0 Å². The van der Waals surface area contributed by atoms with Crippen LogP contribution in [-0.4, -0.2) is 26.8 Å². The molecule has 0 saturated heterocycles. The van der Waals surface area contributed by atoms with E-state index in [2.05, 4.69) is 9.97 Å². The summed E-state index contributed by atoms with van der Waals surface area (Å²) >= 11 is 0. The van der Waals surface area contributed by atoms with Gasteiger partial charge >= 0.3 is 5.97 Å². The molecule has 1 heterocycles. The highest BCUT2D eigenvalue weighted by Crippen LogP contribution is 2.17. The number of rotatable bonds is 4. The Morgan fingerprint density at radius 2 is 1.81 bits per heavy atom. The Bertz CT molecular complexity index is 822. The van der Waals surface area contributed by atoms with Crippen molar-refractivity contribution in [3.8, 4) is 0 Å². The predicted octanol–water partition coefficient (Wildman–Crippen LogP) is 2.69. The molecule has 0 bridgehead atoms. The number of imidazole rings is 1. The van der Waals surface area contributed by atoms with E-state index in [0.717, 1.165) is 5.56 Å². The molecule has 0 fully saturated rings. The molecule has 0 aliphatic carbocycles. The number of hydrogen-bond acceptors (Lipinski definition) is 3. The number of aromatic nitrogens is 2. The molecule has 2 aromatic carbocycles. The second kappa shape index (κ2) is 5.20. The van der Waals surface area contributed by atoms with Crippen LogP contribution in [0, 0.1) is 0 Å². The van der Waals surface area contributed by atoms with E-state index in [1.807, 2.05) is 30.3 Å². The normalized spacial score (nSPS) is 10.7. The first-order chi connectivity index (χ1) is 10.1. The lowest BCUT2D eigenvalue weighted by atomic mass is 10.1. The lowest BCUT2D eigenvalue weighted by Gasteiger charge is -1.97. The fourth-order valence-corrected chi connectivity index (χ4v) is 2.20. The second-order valence-corrected chi connectivity index (χ2v) is 4.68. The van der Waals surface area contributed by atoms with E-state index >= 15 is 0 Å². The molecule has 0 aliphatic heterocycles. The molecule has 0 radical (unpaired) electrons. The first kappa shape index (κ1) is 13.1. The molecule has 2 N–H and O–H groups in total. The van der Waals surface area contributed by atoms with Crippen LogP contribution in [0.15, 0.2) is 48.5 Å². The van der Waals surface area contributed by atoms with Gasteiger partial charge in [-0.15, -0.1) is 0 Å². The molecule has 3 aromatic rings. The maximum absolute atomic E-state index is 12.2. The highest BCUT2D eigenvalue weighted by molar-refractivity contribution is 6.03. The highest BCUT2D eigenvalue weighted by atomic mass is 16.4. The van der Waals surface area contributed by atoms with Crippen LogP contribution in [0.5, 0.6) is 0 Å². The van der Waals surface area contributed by atoms with Crippen LogP contribution in [0.2, 0.25) is 0 Å². The molecule has 5 nitrogen and oxygen atoms in total. The number of carbonyl (C=O) groups is 2. The number of aromatic amines is 1.